The van der Waals surface area contributed by atoms with Gasteiger partial charge in [-0.15, -0.1) is 0 Å². The fourth-order valence-corrected chi connectivity index (χ4v) is 4.28. The van der Waals surface area contributed by atoms with Crippen LogP contribution in [0.1, 0.15) is 25.7 Å². The Kier molecular flexibility index (Phi) is 14.2. The minimum Gasteiger partial charge on any atom is -0.491 e. The molecule has 0 fully saturated rings. The third-order valence-electron chi connectivity index (χ3n) is 4.83. The normalized spacial score (nSPS) is 13.2. The Labute approximate surface area is 227 Å². The van der Waals surface area contributed by atoms with Gasteiger partial charge in [0.05, 0.1) is 32.1 Å². The molecule has 1 amide bonds. The van der Waals surface area contributed by atoms with Gasteiger partial charge in [0, 0.05) is 19.9 Å². The van der Waals surface area contributed by atoms with Gasteiger partial charge in [0.2, 0.25) is 15.7 Å². The summed E-state index contributed by atoms with van der Waals surface area (Å²) in [7, 11) is -2.24. The van der Waals surface area contributed by atoms with Gasteiger partial charge in [-0.2, -0.15) is 4.68 Å². The molecule has 0 aliphatic rings. The first-order valence-corrected chi connectivity index (χ1v) is 16.3. The van der Waals surface area contributed by atoms with Crippen LogP contribution in [-0.4, -0.2) is 99.0 Å². The molecule has 0 bridgehead atoms. The summed E-state index contributed by atoms with van der Waals surface area (Å²) in [6.07, 6.45) is 4.42. The van der Waals surface area contributed by atoms with E-state index < -0.39 is 16.6 Å². The summed E-state index contributed by atoms with van der Waals surface area (Å²) in [5.41, 5.74) is 0.484. The average Bonchev–Trinajstić information content (AvgIpc) is 3.38. The minimum atomic E-state index is -3.56. The maximum atomic E-state index is 11.8. The Balaban J connectivity index is 1.45. The van der Waals surface area contributed by atoms with E-state index in [4.69, 9.17) is 30.5 Å². The molecule has 0 spiro atoms. The van der Waals surface area contributed by atoms with Crippen LogP contribution in [0.2, 0.25) is 0 Å². The van der Waals surface area contributed by atoms with E-state index >= 15 is 0 Å². The first-order chi connectivity index (χ1) is 18.1. The second kappa shape index (κ2) is 16.8. The van der Waals surface area contributed by atoms with Gasteiger partial charge in [0.25, 0.3) is 5.16 Å². The molecular weight excluding hydrogens is 561 g/mol. The highest BCUT2D eigenvalue weighted by atomic mass is 32.5. The molecule has 0 radical (unpaired) electrons. The quantitative estimate of drug-likeness (QED) is 0.164. The van der Waals surface area contributed by atoms with Crippen molar-refractivity contribution in [2.45, 2.75) is 30.8 Å². The number of nitrogens with one attached hydrogen (secondary N) is 1. The number of tetrazole rings is 1. The van der Waals surface area contributed by atoms with Gasteiger partial charge < -0.3 is 33.5 Å². The van der Waals surface area contributed by atoms with E-state index in [1.165, 1.54) is 7.11 Å². The molecule has 1 unspecified atom stereocenters. The molecule has 38 heavy (non-hydrogen) atoms. The van der Waals surface area contributed by atoms with Crippen molar-refractivity contribution < 1.29 is 41.4 Å². The highest BCUT2D eigenvalue weighted by Crippen LogP contribution is 2.42. The van der Waals surface area contributed by atoms with E-state index in [1.807, 2.05) is 0 Å². The van der Waals surface area contributed by atoms with Gasteiger partial charge in [-0.3, -0.25) is 4.79 Å². The number of benzene rings is 1. The zero-order valence-electron chi connectivity index (χ0n) is 21.4. The second-order valence-electron chi connectivity index (χ2n) is 7.90. The third kappa shape index (κ3) is 12.7. The number of amides is 1. The molecule has 214 valence electrons. The summed E-state index contributed by atoms with van der Waals surface area (Å²) in [6.45, 7) is -0.989. The Bertz CT molecular complexity index is 1130. The number of ether oxygens (including phenoxy) is 3. The van der Waals surface area contributed by atoms with Crippen molar-refractivity contribution in [2.75, 3.05) is 59.6 Å². The van der Waals surface area contributed by atoms with Crippen molar-refractivity contribution in [1.82, 2.24) is 25.5 Å². The monoisotopic (exact) mass is 595 g/mol. The number of nitrogens with zero attached hydrogens (tertiary/aromatic N) is 4. The molecule has 2 aromatic rings. The first-order valence-electron chi connectivity index (χ1n) is 11.8. The van der Waals surface area contributed by atoms with Crippen LogP contribution in [0, 0.1) is 0 Å². The largest absolute Gasteiger partial charge is 0.491 e. The van der Waals surface area contributed by atoms with Crippen molar-refractivity contribution in [3.8, 4) is 11.4 Å². The molecule has 17 heteroatoms. The maximum absolute atomic E-state index is 11.8. The Morgan fingerprint density at radius 1 is 1.05 bits per heavy atom. The SMILES string of the molecule is COP(O)(=S)OCCCCCCNC(=O)COCCOCCOc1ccc(-n2nnnc2S(C)(=O)=O)cc1. The lowest BCUT2D eigenvalue weighted by Crippen LogP contribution is -2.29. The van der Waals surface area contributed by atoms with Crippen molar-refractivity contribution in [2.24, 2.45) is 0 Å². The van der Waals surface area contributed by atoms with Crippen LogP contribution in [-0.2, 0) is 45.0 Å². The average molecular weight is 596 g/mol. The smallest absolute Gasteiger partial charge is 0.324 e. The molecule has 0 aliphatic carbocycles. The summed E-state index contributed by atoms with van der Waals surface area (Å²) >= 11 is 4.74. The van der Waals surface area contributed by atoms with Crippen LogP contribution in [0.4, 0.5) is 0 Å². The van der Waals surface area contributed by atoms with Gasteiger partial charge in [-0.05, 0) is 59.3 Å². The fourth-order valence-electron chi connectivity index (χ4n) is 2.95. The lowest BCUT2D eigenvalue weighted by atomic mass is 10.2. The summed E-state index contributed by atoms with van der Waals surface area (Å²) in [4.78, 5) is 21.2. The van der Waals surface area contributed by atoms with Gasteiger partial charge >= 0.3 is 6.72 Å². The van der Waals surface area contributed by atoms with Crippen molar-refractivity contribution in [3.05, 3.63) is 24.3 Å². The molecule has 1 aromatic carbocycles. The Morgan fingerprint density at radius 3 is 2.45 bits per heavy atom. The van der Waals surface area contributed by atoms with Crippen molar-refractivity contribution in [3.63, 3.8) is 0 Å². The molecule has 1 heterocycles. The molecular formula is C21H34N5O9PS2. The number of rotatable bonds is 20. The van der Waals surface area contributed by atoms with Crippen LogP contribution in [0.5, 0.6) is 5.75 Å². The zero-order valence-corrected chi connectivity index (χ0v) is 23.9. The lowest BCUT2D eigenvalue weighted by Gasteiger charge is -2.12. The standard InChI is InChI=1S/C21H34N5O9PS2/c1-31-36(28,37)35-12-6-4-3-5-11-22-20(27)17-33-14-13-32-15-16-34-19-9-7-18(8-10-19)26-21(23-24-25-26)38(2,29)30/h7-10H,3-6,11-17H2,1-2H3,(H,22,27)(H,28,37). The van der Waals surface area contributed by atoms with E-state index in [9.17, 15) is 18.1 Å². The predicted molar refractivity (Wildman–Crippen MR) is 140 cm³/mol. The van der Waals surface area contributed by atoms with Gasteiger partial charge in [0.15, 0.2) is 0 Å². The van der Waals surface area contributed by atoms with E-state index in [1.54, 1.807) is 24.3 Å². The van der Waals surface area contributed by atoms with E-state index in [0.29, 0.717) is 44.4 Å². The van der Waals surface area contributed by atoms with E-state index in [-0.39, 0.29) is 24.3 Å². The molecule has 2 rings (SSSR count). The topological polar surface area (TPSA) is 173 Å². The fraction of sp³-hybridized carbons (Fsp3) is 0.619. The van der Waals surface area contributed by atoms with Crippen molar-refractivity contribution >= 4 is 34.3 Å². The predicted octanol–water partition coefficient (Wildman–Crippen LogP) is 1.03. The zero-order chi connectivity index (χ0) is 27.9. The molecule has 0 aliphatic heterocycles. The van der Waals surface area contributed by atoms with Gasteiger partial charge in [0.1, 0.15) is 19.0 Å². The van der Waals surface area contributed by atoms with E-state index in [2.05, 4.69) is 25.4 Å². The first kappa shape index (κ1) is 32.2. The summed E-state index contributed by atoms with van der Waals surface area (Å²) < 4.78 is 50.7. The summed E-state index contributed by atoms with van der Waals surface area (Å²) in [5, 5.41) is 13.2. The number of sulfone groups is 1. The Morgan fingerprint density at radius 2 is 1.74 bits per heavy atom. The van der Waals surface area contributed by atoms with Crippen LogP contribution in [0.3, 0.4) is 0 Å². The molecule has 0 saturated heterocycles. The number of unbranched alkanes of at least 4 members (excludes halogenated alkanes) is 3. The highest BCUT2D eigenvalue weighted by Gasteiger charge is 2.18. The number of carbonyl (C=O) groups is 1. The molecule has 14 nitrogen and oxygen atoms in total. The second-order valence-corrected chi connectivity index (χ2v) is 12.8. The van der Waals surface area contributed by atoms with Gasteiger partial charge in [-0.25, -0.2) is 8.42 Å². The number of hydrogen-bond donors (Lipinski definition) is 2. The summed E-state index contributed by atoms with van der Waals surface area (Å²) in [5.74, 6) is 0.384. The Hall–Kier alpha value is -2.04. The molecule has 1 atom stereocenters. The van der Waals surface area contributed by atoms with Crippen molar-refractivity contribution in [1.29, 1.82) is 0 Å². The minimum absolute atomic E-state index is 0.0411. The molecule has 1 aromatic heterocycles. The maximum Gasteiger partial charge on any atom is 0.324 e. The van der Waals surface area contributed by atoms with Crippen LogP contribution < -0.4 is 10.1 Å². The lowest BCUT2D eigenvalue weighted by molar-refractivity contribution is -0.126. The number of aromatic nitrogens is 4. The highest BCUT2D eigenvalue weighted by molar-refractivity contribution is 8.07. The number of carbonyl (C=O) groups excluding carboxylic acids is 1. The molecule has 0 saturated carbocycles. The summed E-state index contributed by atoms with van der Waals surface area (Å²) in [6, 6.07) is 6.63. The van der Waals surface area contributed by atoms with Gasteiger partial charge in [-0.1, -0.05) is 17.9 Å². The van der Waals surface area contributed by atoms with Crippen LogP contribution >= 0.6 is 6.72 Å². The van der Waals surface area contributed by atoms with Crippen LogP contribution in [0.25, 0.3) is 5.69 Å². The molecule has 2 N–H and O–H groups in total. The third-order valence-corrected chi connectivity index (χ3v) is 7.49. The number of hydrogen-bond acceptors (Lipinski definition) is 12. The van der Waals surface area contributed by atoms with E-state index in [0.717, 1.165) is 36.6 Å². The van der Waals surface area contributed by atoms with Crippen LogP contribution in [0.15, 0.2) is 29.4 Å².